The van der Waals surface area contributed by atoms with Crippen LogP contribution in [0.25, 0.3) is 11.0 Å². The molecule has 3 amide bonds. The van der Waals surface area contributed by atoms with Crippen LogP contribution in [-0.4, -0.2) is 27.5 Å². The predicted octanol–water partition coefficient (Wildman–Crippen LogP) is 2.19. The summed E-state index contributed by atoms with van der Waals surface area (Å²) < 4.78 is 1.73. The molecule has 22 heavy (non-hydrogen) atoms. The number of amides is 3. The molecule has 0 bridgehead atoms. The fourth-order valence-electron chi connectivity index (χ4n) is 2.93. The lowest BCUT2D eigenvalue weighted by molar-refractivity contribution is -0.120. The first-order valence-electron chi connectivity index (χ1n) is 7.72. The van der Waals surface area contributed by atoms with Crippen molar-refractivity contribution in [2.24, 2.45) is 0 Å². The highest BCUT2D eigenvalue weighted by atomic mass is 16.2. The van der Waals surface area contributed by atoms with Crippen LogP contribution in [0.3, 0.4) is 0 Å². The van der Waals surface area contributed by atoms with Crippen LogP contribution < -0.4 is 10.6 Å². The van der Waals surface area contributed by atoms with Gasteiger partial charge < -0.3 is 9.88 Å². The summed E-state index contributed by atoms with van der Waals surface area (Å²) in [6, 6.07) is 7.37. The van der Waals surface area contributed by atoms with Crippen LogP contribution in [0.15, 0.2) is 30.6 Å². The van der Waals surface area contributed by atoms with Crippen LogP contribution in [0.4, 0.5) is 4.79 Å². The largest absolute Gasteiger partial charge is 0.335 e. The van der Waals surface area contributed by atoms with Gasteiger partial charge in [-0.05, 0) is 25.0 Å². The minimum atomic E-state index is -0.402. The number of carbonyl (C=O) groups is 2. The summed E-state index contributed by atoms with van der Waals surface area (Å²) in [7, 11) is 0. The van der Waals surface area contributed by atoms with E-state index in [1.165, 1.54) is 6.42 Å². The number of urea groups is 1. The Morgan fingerprint density at radius 3 is 2.77 bits per heavy atom. The molecule has 0 radical (unpaired) electrons. The summed E-state index contributed by atoms with van der Waals surface area (Å²) in [6.07, 6.45) is 7.11. The molecule has 0 aliphatic heterocycles. The predicted molar refractivity (Wildman–Crippen MR) is 83.3 cm³/mol. The second kappa shape index (κ2) is 6.60. The van der Waals surface area contributed by atoms with Gasteiger partial charge in [-0.2, -0.15) is 0 Å². The molecule has 116 valence electrons. The maximum Gasteiger partial charge on any atom is 0.321 e. The Morgan fingerprint density at radius 2 is 1.95 bits per heavy atom. The van der Waals surface area contributed by atoms with Crippen molar-refractivity contribution in [2.75, 3.05) is 0 Å². The van der Waals surface area contributed by atoms with E-state index >= 15 is 0 Å². The van der Waals surface area contributed by atoms with Gasteiger partial charge in [-0.3, -0.25) is 10.1 Å². The first kappa shape index (κ1) is 14.6. The Bertz CT molecular complexity index is 674. The molecule has 1 aliphatic rings. The molecular formula is C16H20N4O2. The molecule has 0 atom stereocenters. The fourth-order valence-corrected chi connectivity index (χ4v) is 2.93. The minimum Gasteiger partial charge on any atom is -0.335 e. The van der Waals surface area contributed by atoms with Crippen molar-refractivity contribution >= 4 is 23.0 Å². The lowest BCUT2D eigenvalue weighted by Gasteiger charge is -2.22. The molecule has 1 aromatic carbocycles. The Balaban J connectivity index is 1.54. The van der Waals surface area contributed by atoms with E-state index < -0.39 is 6.03 Å². The van der Waals surface area contributed by atoms with E-state index in [0.717, 1.165) is 36.7 Å². The first-order valence-corrected chi connectivity index (χ1v) is 7.72. The molecule has 3 rings (SSSR count). The van der Waals surface area contributed by atoms with Crippen molar-refractivity contribution in [1.82, 2.24) is 20.2 Å². The summed E-state index contributed by atoms with van der Waals surface area (Å²) >= 11 is 0. The smallest absolute Gasteiger partial charge is 0.321 e. The molecule has 0 unspecified atom stereocenters. The van der Waals surface area contributed by atoms with E-state index in [4.69, 9.17) is 0 Å². The van der Waals surface area contributed by atoms with Crippen LogP contribution in [-0.2, 0) is 11.3 Å². The van der Waals surface area contributed by atoms with Crippen LogP contribution in [0.1, 0.15) is 32.1 Å². The van der Waals surface area contributed by atoms with Crippen LogP contribution >= 0.6 is 0 Å². The van der Waals surface area contributed by atoms with Gasteiger partial charge in [0.25, 0.3) is 0 Å². The molecule has 6 heteroatoms. The first-order chi connectivity index (χ1) is 10.7. The van der Waals surface area contributed by atoms with Gasteiger partial charge in [0.05, 0.1) is 17.4 Å². The second-order valence-corrected chi connectivity index (χ2v) is 5.72. The van der Waals surface area contributed by atoms with Crippen molar-refractivity contribution in [3.63, 3.8) is 0 Å². The minimum absolute atomic E-state index is 0.0819. The Hall–Kier alpha value is -2.37. The van der Waals surface area contributed by atoms with Gasteiger partial charge in [0.15, 0.2) is 0 Å². The quantitative estimate of drug-likeness (QED) is 0.912. The number of carbonyl (C=O) groups excluding carboxylic acids is 2. The number of para-hydroxylation sites is 2. The molecule has 0 saturated heterocycles. The van der Waals surface area contributed by atoms with E-state index in [1.807, 2.05) is 24.3 Å². The van der Waals surface area contributed by atoms with Gasteiger partial charge >= 0.3 is 6.03 Å². The van der Waals surface area contributed by atoms with Crippen molar-refractivity contribution in [3.8, 4) is 0 Å². The van der Waals surface area contributed by atoms with Gasteiger partial charge in [0, 0.05) is 6.04 Å². The maximum atomic E-state index is 12.0. The van der Waals surface area contributed by atoms with E-state index in [1.54, 1.807) is 10.9 Å². The molecule has 0 spiro atoms. The number of fused-ring (bicyclic) bond motifs is 1. The number of nitrogens with zero attached hydrogens (tertiary/aromatic N) is 2. The molecule has 1 aromatic heterocycles. The topological polar surface area (TPSA) is 76.0 Å². The third-order valence-corrected chi connectivity index (χ3v) is 4.03. The molecular weight excluding hydrogens is 280 g/mol. The Labute approximate surface area is 128 Å². The van der Waals surface area contributed by atoms with E-state index in [0.29, 0.717) is 0 Å². The summed E-state index contributed by atoms with van der Waals surface area (Å²) in [5.74, 6) is -0.337. The summed E-state index contributed by atoms with van der Waals surface area (Å²) in [6.45, 7) is 0.0819. The molecule has 1 saturated carbocycles. The van der Waals surface area contributed by atoms with Crippen molar-refractivity contribution in [1.29, 1.82) is 0 Å². The van der Waals surface area contributed by atoms with Gasteiger partial charge in [-0.25, -0.2) is 9.78 Å². The van der Waals surface area contributed by atoms with Crippen LogP contribution in [0, 0.1) is 0 Å². The average molecular weight is 300 g/mol. The molecule has 1 aliphatic carbocycles. The molecule has 2 N–H and O–H groups in total. The van der Waals surface area contributed by atoms with Crippen molar-refractivity contribution in [2.45, 2.75) is 44.7 Å². The number of imidazole rings is 1. The highest BCUT2D eigenvalue weighted by Gasteiger charge is 2.17. The van der Waals surface area contributed by atoms with Gasteiger partial charge in [-0.15, -0.1) is 0 Å². The van der Waals surface area contributed by atoms with E-state index in [9.17, 15) is 9.59 Å². The van der Waals surface area contributed by atoms with Crippen molar-refractivity contribution < 1.29 is 9.59 Å². The van der Waals surface area contributed by atoms with Crippen LogP contribution in [0.5, 0.6) is 0 Å². The zero-order valence-electron chi connectivity index (χ0n) is 12.4. The van der Waals surface area contributed by atoms with Crippen LogP contribution in [0.2, 0.25) is 0 Å². The second-order valence-electron chi connectivity index (χ2n) is 5.72. The maximum absolute atomic E-state index is 12.0. The van der Waals surface area contributed by atoms with Crippen molar-refractivity contribution in [3.05, 3.63) is 30.6 Å². The highest BCUT2D eigenvalue weighted by molar-refractivity contribution is 5.94. The lowest BCUT2D eigenvalue weighted by Crippen LogP contribution is -2.46. The monoisotopic (exact) mass is 300 g/mol. The van der Waals surface area contributed by atoms with E-state index in [2.05, 4.69) is 15.6 Å². The van der Waals surface area contributed by atoms with Gasteiger partial charge in [-0.1, -0.05) is 31.4 Å². The number of rotatable bonds is 3. The third kappa shape index (κ3) is 3.44. The highest BCUT2D eigenvalue weighted by Crippen LogP contribution is 2.17. The number of hydrogen-bond donors (Lipinski definition) is 2. The third-order valence-electron chi connectivity index (χ3n) is 4.03. The molecule has 1 fully saturated rings. The molecule has 1 heterocycles. The molecule has 2 aromatic rings. The van der Waals surface area contributed by atoms with Gasteiger partial charge in [0.1, 0.15) is 6.54 Å². The number of benzene rings is 1. The summed E-state index contributed by atoms with van der Waals surface area (Å²) in [4.78, 5) is 28.1. The zero-order chi connectivity index (χ0) is 15.4. The summed E-state index contributed by atoms with van der Waals surface area (Å²) in [5, 5.41) is 5.26. The van der Waals surface area contributed by atoms with Gasteiger partial charge in [0.2, 0.25) is 5.91 Å². The normalized spacial score (nSPS) is 15.6. The Morgan fingerprint density at radius 1 is 1.18 bits per heavy atom. The standard InChI is InChI=1S/C16H20N4O2/c21-15(19-16(22)18-12-6-2-1-3-7-12)10-20-11-17-13-8-4-5-9-14(13)20/h4-5,8-9,11-12H,1-3,6-7,10H2,(H2,18,19,21,22). The zero-order valence-corrected chi connectivity index (χ0v) is 12.4. The lowest BCUT2D eigenvalue weighted by atomic mass is 9.96. The molecule has 6 nitrogen and oxygen atoms in total. The average Bonchev–Trinajstić information content (AvgIpc) is 2.91. The number of imide groups is 1. The SMILES string of the molecule is O=C(Cn1cnc2ccccc21)NC(=O)NC1CCCCC1. The number of aromatic nitrogens is 2. The Kier molecular flexibility index (Phi) is 4.37. The van der Waals surface area contributed by atoms with E-state index in [-0.39, 0.29) is 18.5 Å². The fraction of sp³-hybridized carbons (Fsp3) is 0.438. The number of hydrogen-bond acceptors (Lipinski definition) is 3. The summed E-state index contributed by atoms with van der Waals surface area (Å²) in [5.41, 5.74) is 1.72. The number of nitrogens with one attached hydrogen (secondary N) is 2.